The van der Waals surface area contributed by atoms with Crippen LogP contribution in [0.15, 0.2) is 0 Å². The number of methoxy groups -OCH3 is 4. The molecule has 370 valence electrons. The van der Waals surface area contributed by atoms with E-state index in [2.05, 4.69) is 13.8 Å². The molecule has 0 saturated carbocycles. The second kappa shape index (κ2) is 19.0. The third-order valence-corrected chi connectivity index (χ3v) is 16.8. The Hall–Kier alpha value is -1.13. The van der Waals surface area contributed by atoms with Gasteiger partial charge in [0.05, 0.1) is 78.7 Å². The van der Waals surface area contributed by atoms with E-state index in [9.17, 15) is 25.2 Å². The predicted octanol–water partition coefficient (Wildman–Crippen LogP) is 4.32. The van der Waals surface area contributed by atoms with Crippen LogP contribution in [0, 0.1) is 29.6 Å². The number of aliphatic carboxylic acids is 1. The van der Waals surface area contributed by atoms with Crippen LogP contribution in [-0.2, 0) is 61.6 Å². The highest BCUT2D eigenvalue weighted by molar-refractivity contribution is 5.68. The number of hydrogen-bond acceptors (Lipinski definition) is 16. The van der Waals surface area contributed by atoms with Crippen LogP contribution in [-0.4, -0.2) is 169 Å². The second-order valence-corrected chi connectivity index (χ2v) is 21.3. The van der Waals surface area contributed by atoms with Crippen molar-refractivity contribution in [3.8, 4) is 0 Å². The van der Waals surface area contributed by atoms with Gasteiger partial charge in [0.25, 0.3) is 0 Å². The Bertz CT molecular complexity index is 1600. The minimum Gasteiger partial charge on any atom is -0.481 e. The maximum Gasteiger partial charge on any atom is 0.308 e. The minimum absolute atomic E-state index is 0.0406. The van der Waals surface area contributed by atoms with E-state index in [-0.39, 0.29) is 60.8 Å². The Balaban J connectivity index is 1.09. The monoisotopic (exact) mass is 917 g/mol. The molecule has 17 nitrogen and oxygen atoms in total. The van der Waals surface area contributed by atoms with Crippen LogP contribution in [0.1, 0.15) is 120 Å². The van der Waals surface area contributed by atoms with Crippen molar-refractivity contribution < 1.29 is 82.1 Å². The molecule has 0 aromatic heterocycles. The average molecular weight is 917 g/mol. The van der Waals surface area contributed by atoms with Gasteiger partial charge in [-0.3, -0.25) is 4.79 Å². The first-order chi connectivity index (χ1) is 30.0. The van der Waals surface area contributed by atoms with E-state index in [1.165, 1.54) is 14.2 Å². The Labute approximate surface area is 379 Å². The molecule has 7 rings (SSSR count). The molecule has 17 heteroatoms. The first kappa shape index (κ1) is 50.7. The number of carboxylic acids is 1. The van der Waals surface area contributed by atoms with Gasteiger partial charge in [-0.25, -0.2) is 0 Å². The quantitative estimate of drug-likeness (QED) is 0.203. The van der Waals surface area contributed by atoms with E-state index in [0.29, 0.717) is 38.5 Å². The molecular weight excluding hydrogens is 836 g/mol. The van der Waals surface area contributed by atoms with Crippen LogP contribution in [0.5, 0.6) is 0 Å². The van der Waals surface area contributed by atoms with Crippen molar-refractivity contribution in [3.63, 3.8) is 0 Å². The van der Waals surface area contributed by atoms with Crippen LogP contribution in [0.3, 0.4) is 0 Å². The Morgan fingerprint density at radius 3 is 2.09 bits per heavy atom. The van der Waals surface area contributed by atoms with Crippen LogP contribution < -0.4 is 0 Å². The molecule has 7 fully saturated rings. The molecule has 64 heavy (non-hydrogen) atoms. The molecule has 0 aromatic carbocycles. The zero-order valence-electron chi connectivity index (χ0n) is 40.4. The van der Waals surface area contributed by atoms with Gasteiger partial charge in [-0.2, -0.15) is 0 Å². The van der Waals surface area contributed by atoms with E-state index in [0.717, 1.165) is 6.42 Å². The molecular formula is C47H80O17. The number of carbonyl (C=O) groups is 1. The molecule has 0 aliphatic carbocycles. The van der Waals surface area contributed by atoms with E-state index in [4.69, 9.17) is 56.8 Å². The van der Waals surface area contributed by atoms with Crippen LogP contribution in [0.2, 0.25) is 0 Å². The highest BCUT2D eigenvalue weighted by Gasteiger charge is 2.64. The van der Waals surface area contributed by atoms with Crippen molar-refractivity contribution in [1.82, 2.24) is 0 Å². The fourth-order valence-electron chi connectivity index (χ4n) is 12.7. The summed E-state index contributed by atoms with van der Waals surface area (Å²) >= 11 is 0. The summed E-state index contributed by atoms with van der Waals surface area (Å²) in [7, 11) is 6.37. The van der Waals surface area contributed by atoms with Gasteiger partial charge in [0.2, 0.25) is 0 Å². The summed E-state index contributed by atoms with van der Waals surface area (Å²) in [5, 5.41) is 44.3. The third kappa shape index (κ3) is 9.46. The van der Waals surface area contributed by atoms with Gasteiger partial charge in [0.15, 0.2) is 23.7 Å². The highest BCUT2D eigenvalue weighted by Crippen LogP contribution is 2.55. The lowest BCUT2D eigenvalue weighted by Crippen LogP contribution is -2.65. The molecule has 24 atom stereocenters. The molecule has 7 aliphatic heterocycles. The molecule has 1 spiro atoms. The number of aliphatic hydroxyl groups is 3. The second-order valence-electron chi connectivity index (χ2n) is 21.3. The van der Waals surface area contributed by atoms with Gasteiger partial charge >= 0.3 is 5.97 Å². The summed E-state index contributed by atoms with van der Waals surface area (Å²) in [6.07, 6.45) is -3.18. The average Bonchev–Trinajstić information content (AvgIpc) is 3.94. The lowest BCUT2D eigenvalue weighted by molar-refractivity contribution is -0.365. The van der Waals surface area contributed by atoms with Crippen molar-refractivity contribution in [1.29, 1.82) is 0 Å². The Morgan fingerprint density at radius 1 is 0.766 bits per heavy atom. The van der Waals surface area contributed by atoms with Crippen molar-refractivity contribution in [2.75, 3.05) is 28.4 Å². The normalized spacial score (nSPS) is 54.1. The molecule has 7 aliphatic rings. The van der Waals surface area contributed by atoms with Crippen LogP contribution in [0.4, 0.5) is 0 Å². The zero-order chi connectivity index (χ0) is 46.9. The molecule has 0 bridgehead atoms. The predicted molar refractivity (Wildman–Crippen MR) is 228 cm³/mol. The number of carboxylic acid groups (broad SMARTS) is 1. The largest absolute Gasteiger partial charge is 0.481 e. The Kier molecular flexibility index (Phi) is 15.1. The number of ether oxygens (including phenoxy) is 12. The Morgan fingerprint density at radius 2 is 1.45 bits per heavy atom. The maximum absolute atomic E-state index is 11.9. The summed E-state index contributed by atoms with van der Waals surface area (Å²) in [5.41, 5.74) is -1.60. The molecule has 7 heterocycles. The lowest BCUT2D eigenvalue weighted by Gasteiger charge is -2.53. The molecule has 4 N–H and O–H groups in total. The molecule has 0 amide bonds. The van der Waals surface area contributed by atoms with E-state index < -0.39 is 102 Å². The topological polar surface area (TPSA) is 209 Å². The van der Waals surface area contributed by atoms with Gasteiger partial charge in [0.1, 0.15) is 18.3 Å². The van der Waals surface area contributed by atoms with Crippen LogP contribution >= 0.6 is 0 Å². The maximum atomic E-state index is 11.9. The van der Waals surface area contributed by atoms with Gasteiger partial charge in [-0.15, -0.1) is 0 Å². The van der Waals surface area contributed by atoms with E-state index in [1.54, 1.807) is 28.1 Å². The first-order valence-electron chi connectivity index (χ1n) is 23.8. The van der Waals surface area contributed by atoms with Crippen molar-refractivity contribution in [2.24, 2.45) is 29.6 Å². The van der Waals surface area contributed by atoms with Crippen LogP contribution in [0.25, 0.3) is 0 Å². The lowest BCUT2D eigenvalue weighted by atomic mass is 9.75. The minimum atomic E-state index is -2.03. The van der Waals surface area contributed by atoms with Crippen molar-refractivity contribution >= 4 is 5.97 Å². The van der Waals surface area contributed by atoms with Gasteiger partial charge < -0.3 is 77.3 Å². The fraction of sp³-hybridized carbons (Fsp3) is 0.979. The molecule has 7 saturated heterocycles. The van der Waals surface area contributed by atoms with Gasteiger partial charge in [0, 0.05) is 77.8 Å². The fourth-order valence-corrected chi connectivity index (χ4v) is 12.7. The third-order valence-electron chi connectivity index (χ3n) is 16.8. The summed E-state index contributed by atoms with van der Waals surface area (Å²) in [6.45, 7) is 17.5. The smallest absolute Gasteiger partial charge is 0.308 e. The first-order valence-corrected chi connectivity index (χ1v) is 23.8. The zero-order valence-corrected chi connectivity index (χ0v) is 40.4. The number of rotatable bonds is 13. The van der Waals surface area contributed by atoms with Crippen molar-refractivity contribution in [2.45, 2.75) is 234 Å². The number of aliphatic hydroxyl groups excluding tert-OH is 1. The van der Waals surface area contributed by atoms with Gasteiger partial charge in [-0.05, 0) is 59.3 Å². The summed E-state index contributed by atoms with van der Waals surface area (Å²) in [4.78, 5) is 11.9. The molecule has 0 aromatic rings. The summed E-state index contributed by atoms with van der Waals surface area (Å²) in [5.74, 6) is -7.18. The van der Waals surface area contributed by atoms with Crippen molar-refractivity contribution in [3.05, 3.63) is 0 Å². The van der Waals surface area contributed by atoms with E-state index >= 15 is 0 Å². The van der Waals surface area contributed by atoms with Gasteiger partial charge in [-0.1, -0.05) is 34.6 Å². The number of hydrogen-bond donors (Lipinski definition) is 4. The van der Waals surface area contributed by atoms with E-state index in [1.807, 2.05) is 34.6 Å². The summed E-state index contributed by atoms with van der Waals surface area (Å²) < 4.78 is 77.6. The standard InChI is InChI=1S/C47H80O17/c1-23-18-24(2)45(9,51)61-36(23)31-19-32(58-35-20-30(53-10)40(55-12)28(6)57-35)42(59-31)44(8)15-14-33(60-44)43(7)16-17-46(64-43)21-29(48)25(3)37(62-46)26(4)38-41(56-13)39(54-11)27(5)47(52,63-38)22-34(49)50/h23-33,35-42,48,51-52H,14-22H2,1-13H3,(H,49,50)/t23-,24+,25+,26+,27-,28-,29-,30-,31?,32-,33+,35+,36-,37-,38-,39-,40-,41-,42+,43-,44-,45-,46+,47+/m0/s1. The summed E-state index contributed by atoms with van der Waals surface area (Å²) in [6, 6.07) is 0. The molecule has 1 unspecified atom stereocenters. The highest BCUT2D eigenvalue weighted by atomic mass is 16.7. The molecule has 0 radical (unpaired) electrons. The SMILES string of the molecule is CO[C@@H]1[C@@H](OC)[C@H](C)[C@@](O)(CC(=O)O)O[C@H]1[C@H](C)[C@H]1O[C@@]2(CC[C@@](C)([C@H]3CC[C@@](C)([C@@H]4OC([C@H]5O[C@](C)(O)[C@H](C)C[C@@H]5C)C[C@@H]4O[C@@H]4C[C@H](OC)[C@@H](OC)[C@H](C)O4)O3)O2)C[C@H](O)[C@H]1C.